The Morgan fingerprint density at radius 3 is 1.15 bits per heavy atom. The SMILES string of the molecule is C=Cc1ccc(Oc2ccc(C3(c4ccc(F)cc4)c4ccccc4-c4ccc(C(Cc5ccc6c(c5)C5(CC6(C)C)CC(C)(C)c6ccc([C@H](c7ccc(C)c(F)c7)c7ccc8c(c7)C(c7ccc(F)cc7)(c7ccc(Oc9ccc(C=C)cc9)cc7)c7ccccc7-8)cc65)c5ccc(C)c(F)c5)cc43)cc2)cc1. The van der Waals surface area contributed by atoms with Crippen LogP contribution in [0, 0.1) is 37.1 Å². The number of rotatable bonds is 17. The van der Waals surface area contributed by atoms with Crippen molar-refractivity contribution in [3.8, 4) is 45.3 Å². The number of aryl methyl sites for hydroxylation is 2. The van der Waals surface area contributed by atoms with E-state index in [0.29, 0.717) is 40.5 Å². The van der Waals surface area contributed by atoms with Crippen LogP contribution in [0.3, 0.4) is 0 Å². The van der Waals surface area contributed by atoms with Crippen LogP contribution >= 0.6 is 0 Å². The maximum atomic E-state index is 16.7. The second kappa shape index (κ2) is 26.6. The predicted molar refractivity (Wildman–Crippen MR) is 438 cm³/mol. The maximum absolute atomic E-state index is 16.7. The Bertz CT molecular complexity index is 5990. The summed E-state index contributed by atoms with van der Waals surface area (Å²) in [7, 11) is 0. The van der Waals surface area contributed by atoms with Crippen LogP contribution in [-0.2, 0) is 33.5 Å². The Kier molecular flexibility index (Phi) is 16.9. The second-order valence-corrected chi connectivity index (χ2v) is 32.1. The van der Waals surface area contributed by atoms with Crippen molar-refractivity contribution < 1.29 is 27.0 Å². The summed E-state index contributed by atoms with van der Waals surface area (Å²) in [5.41, 5.74) is 23.9. The average Bonchev–Trinajstić information content (AvgIpc) is 1.52. The van der Waals surface area contributed by atoms with Crippen LogP contribution in [0.5, 0.6) is 23.0 Å². The van der Waals surface area contributed by atoms with Gasteiger partial charge in [0.2, 0.25) is 0 Å². The third-order valence-electron chi connectivity index (χ3n) is 24.7. The Balaban J connectivity index is 0.766. The Hall–Kier alpha value is -12.1. The van der Waals surface area contributed by atoms with E-state index in [9.17, 15) is 0 Å². The first-order valence-electron chi connectivity index (χ1n) is 38.1. The largest absolute Gasteiger partial charge is 0.457 e. The van der Waals surface area contributed by atoms with E-state index in [4.69, 9.17) is 9.47 Å². The summed E-state index contributed by atoms with van der Waals surface area (Å²) in [5, 5.41) is 0. The molecule has 0 radical (unpaired) electrons. The van der Waals surface area contributed by atoms with Crippen LogP contribution in [0.4, 0.5) is 17.6 Å². The molecule has 0 saturated heterocycles. The monoisotopic (exact) mass is 1440 g/mol. The molecule has 14 aromatic carbocycles. The molecule has 0 fully saturated rings. The maximum Gasteiger partial charge on any atom is 0.127 e. The van der Waals surface area contributed by atoms with Gasteiger partial charge in [-0.05, 0) is 274 Å². The third-order valence-corrected chi connectivity index (χ3v) is 24.7. The lowest BCUT2D eigenvalue weighted by molar-refractivity contribution is 0.349. The van der Waals surface area contributed by atoms with E-state index in [1.54, 1.807) is 36.4 Å². The Labute approximate surface area is 642 Å². The number of benzene rings is 14. The molecule has 0 saturated carbocycles. The van der Waals surface area contributed by atoms with Crippen molar-refractivity contribution in [3.63, 3.8) is 0 Å². The van der Waals surface area contributed by atoms with Gasteiger partial charge in [-0.3, -0.25) is 0 Å². The van der Waals surface area contributed by atoms with E-state index in [-0.39, 0.29) is 40.0 Å². The highest BCUT2D eigenvalue weighted by atomic mass is 19.1. The highest BCUT2D eigenvalue weighted by Gasteiger charge is 2.57. The Morgan fingerprint density at radius 1 is 0.336 bits per heavy atom. The lowest BCUT2D eigenvalue weighted by Crippen LogP contribution is -2.29. The molecule has 0 heterocycles. The molecule has 1 spiro atoms. The molecule has 4 unspecified atom stereocenters. The minimum absolute atomic E-state index is 0.236. The predicted octanol–water partition coefficient (Wildman–Crippen LogP) is 26.7. The van der Waals surface area contributed by atoms with Gasteiger partial charge in [-0.25, -0.2) is 17.6 Å². The normalized spacial score (nSPS) is 18.3. The van der Waals surface area contributed by atoms with Crippen molar-refractivity contribution in [1.29, 1.82) is 0 Å². The molecule has 6 heteroatoms. The summed E-state index contributed by atoms with van der Waals surface area (Å²) in [6.45, 7) is 21.0. The molecule has 0 bridgehead atoms. The first-order chi connectivity index (χ1) is 53.3. The first kappa shape index (κ1) is 69.6. The van der Waals surface area contributed by atoms with Gasteiger partial charge in [0, 0.05) is 17.3 Å². The highest BCUT2D eigenvalue weighted by Crippen LogP contribution is 2.65. The van der Waals surface area contributed by atoms with E-state index in [1.807, 2.05) is 135 Å². The fraction of sp³-hybridized carbons (Fsp3) is 0.154. The van der Waals surface area contributed by atoms with Crippen LogP contribution in [0.25, 0.3) is 34.4 Å². The second-order valence-electron chi connectivity index (χ2n) is 32.1. The molecule has 4 aliphatic rings. The van der Waals surface area contributed by atoms with Crippen molar-refractivity contribution in [3.05, 3.63) is 462 Å². The van der Waals surface area contributed by atoms with Gasteiger partial charge in [0.05, 0.1) is 10.8 Å². The summed E-state index contributed by atoms with van der Waals surface area (Å²) in [6, 6.07) is 103. The van der Waals surface area contributed by atoms with E-state index < -0.39 is 22.2 Å². The van der Waals surface area contributed by atoms with Crippen molar-refractivity contribution in [2.75, 3.05) is 0 Å². The van der Waals surface area contributed by atoms with Gasteiger partial charge in [-0.2, -0.15) is 0 Å². The first-order valence-corrected chi connectivity index (χ1v) is 38.1. The number of hydrogen-bond acceptors (Lipinski definition) is 2. The van der Waals surface area contributed by atoms with Crippen LogP contribution in [0.1, 0.15) is 175 Å². The topological polar surface area (TPSA) is 18.5 Å². The van der Waals surface area contributed by atoms with Crippen molar-refractivity contribution in [2.45, 2.75) is 99.7 Å². The molecule has 538 valence electrons. The summed E-state index contributed by atoms with van der Waals surface area (Å²) in [5.74, 6) is 0.833. The zero-order valence-corrected chi connectivity index (χ0v) is 62.5. The standard InChI is InChI=1S/C104H82F4O2/c1-9-66-21-43-80(44-22-66)109-82-47-35-76(36-48-82)103(74-31-39-78(105)40-32-74)89-17-13-11-15-84(89)86-51-28-69(57-93(86)103)88(70-26-19-64(3)97(107)60-70)55-68-25-53-91-95(56-68)102(62-100(91,5)6)63-101(7,8)92-54-30-72(59-96(92)102)99(73-27-20-65(4)98(108)61-73)71-29-52-87-85-16-12-14-18-90(85)104(94(87)58-71,75-33-41-79(106)42-34-75)77-37-49-83(50-38-77)110-81-45-23-67(10-2)24-46-81/h9-54,56-61,88,99H,1-2,55,62-63H2,3-8H3/t88?,99-,102?,103?,104?/m1/s1. The lowest BCUT2D eigenvalue weighted by atomic mass is 9.67. The molecule has 0 aliphatic heterocycles. The van der Waals surface area contributed by atoms with Gasteiger partial charge in [0.15, 0.2) is 0 Å². The van der Waals surface area contributed by atoms with E-state index in [2.05, 4.69) is 199 Å². The molecular weight excluding hydrogens is 1360 g/mol. The minimum Gasteiger partial charge on any atom is -0.457 e. The van der Waals surface area contributed by atoms with Crippen LogP contribution in [-0.4, -0.2) is 0 Å². The third kappa shape index (κ3) is 11.3. The zero-order valence-electron chi connectivity index (χ0n) is 62.5. The summed E-state index contributed by atoms with van der Waals surface area (Å²) in [6.07, 6.45) is 5.91. The smallest absolute Gasteiger partial charge is 0.127 e. The van der Waals surface area contributed by atoms with Gasteiger partial charge in [-0.15, -0.1) is 0 Å². The van der Waals surface area contributed by atoms with Crippen LogP contribution in [0.2, 0.25) is 0 Å². The molecule has 4 aliphatic carbocycles. The van der Waals surface area contributed by atoms with Gasteiger partial charge < -0.3 is 9.47 Å². The lowest BCUT2D eigenvalue weighted by Gasteiger charge is -2.34. The van der Waals surface area contributed by atoms with E-state index in [0.717, 1.165) is 124 Å². The quantitative estimate of drug-likeness (QED) is 0.0668. The number of ether oxygens (including phenoxy) is 2. The van der Waals surface area contributed by atoms with Gasteiger partial charge in [0.25, 0.3) is 0 Å². The minimum atomic E-state index is -0.914. The van der Waals surface area contributed by atoms with Crippen molar-refractivity contribution >= 4 is 12.2 Å². The van der Waals surface area contributed by atoms with Gasteiger partial charge in [-0.1, -0.05) is 271 Å². The van der Waals surface area contributed by atoms with Crippen LogP contribution in [0.15, 0.2) is 316 Å². The number of hydrogen-bond donors (Lipinski definition) is 0. The number of fused-ring (bicyclic) bond motifs is 10. The van der Waals surface area contributed by atoms with E-state index >= 15 is 17.6 Å². The van der Waals surface area contributed by atoms with Crippen molar-refractivity contribution in [1.82, 2.24) is 0 Å². The molecule has 5 atom stereocenters. The highest BCUT2D eigenvalue weighted by molar-refractivity contribution is 5.88. The Morgan fingerprint density at radius 2 is 0.682 bits per heavy atom. The molecule has 18 rings (SSSR count). The molecule has 2 nitrogen and oxygen atoms in total. The van der Waals surface area contributed by atoms with E-state index in [1.165, 1.54) is 22.3 Å². The fourth-order valence-electron chi connectivity index (χ4n) is 19.7. The molecular formula is C104H82F4O2. The zero-order chi connectivity index (χ0) is 75.6. The number of halogens is 4. The van der Waals surface area contributed by atoms with Gasteiger partial charge >= 0.3 is 0 Å². The molecule has 0 amide bonds. The molecule has 14 aromatic rings. The average molecular weight is 1440 g/mol. The molecule has 110 heavy (non-hydrogen) atoms. The van der Waals surface area contributed by atoms with Gasteiger partial charge in [0.1, 0.15) is 46.3 Å². The summed E-state index contributed by atoms with van der Waals surface area (Å²) >= 11 is 0. The molecule has 0 N–H and O–H groups in total. The summed E-state index contributed by atoms with van der Waals surface area (Å²) < 4.78 is 76.8. The fourth-order valence-corrected chi connectivity index (χ4v) is 19.7. The van der Waals surface area contributed by atoms with Crippen LogP contribution < -0.4 is 9.47 Å². The van der Waals surface area contributed by atoms with Crippen molar-refractivity contribution in [2.24, 2.45) is 0 Å². The summed E-state index contributed by atoms with van der Waals surface area (Å²) in [4.78, 5) is 0. The molecule has 0 aromatic heterocycles.